The molecule has 0 bridgehead atoms. The molecule has 1 aromatic heterocycles. The van der Waals surface area contributed by atoms with Gasteiger partial charge in [0.05, 0.1) is 17.2 Å². The molecule has 0 radical (unpaired) electrons. The number of nitrogens with one attached hydrogen (secondary N) is 1. The van der Waals surface area contributed by atoms with E-state index in [-0.39, 0.29) is 18.2 Å². The van der Waals surface area contributed by atoms with Crippen molar-refractivity contribution in [2.75, 3.05) is 6.54 Å². The second-order valence-electron chi connectivity index (χ2n) is 6.33. The highest BCUT2D eigenvalue weighted by molar-refractivity contribution is 6.06. The molecule has 0 unspecified atom stereocenters. The van der Waals surface area contributed by atoms with E-state index in [2.05, 4.69) is 17.2 Å². The van der Waals surface area contributed by atoms with E-state index in [4.69, 9.17) is 0 Å². The Hall–Kier alpha value is -2.92. The minimum absolute atomic E-state index is 0.0833. The molecule has 1 heterocycles. The standard InChI is InChI=1S/C21H22N2O3/c1-3-14-4-9-19-17(11-14)18(10-13(2)23-19)21(26)22-12-20(25)15-5-7-16(24)8-6-15/h4-11,20,24-25H,3,12H2,1-2H3,(H,22,26)/t20-/m0/s1. The fourth-order valence-corrected chi connectivity index (χ4v) is 2.91. The van der Waals surface area contributed by atoms with E-state index >= 15 is 0 Å². The van der Waals surface area contributed by atoms with Gasteiger partial charge in [-0.1, -0.05) is 25.1 Å². The molecular weight excluding hydrogens is 328 g/mol. The zero-order valence-electron chi connectivity index (χ0n) is 14.9. The number of rotatable bonds is 5. The van der Waals surface area contributed by atoms with Gasteiger partial charge in [-0.25, -0.2) is 0 Å². The zero-order chi connectivity index (χ0) is 18.7. The predicted molar refractivity (Wildman–Crippen MR) is 101 cm³/mol. The summed E-state index contributed by atoms with van der Waals surface area (Å²) < 4.78 is 0. The van der Waals surface area contributed by atoms with Crippen LogP contribution in [0.5, 0.6) is 5.75 Å². The number of aromatic hydroxyl groups is 1. The van der Waals surface area contributed by atoms with Crippen molar-refractivity contribution in [2.45, 2.75) is 26.4 Å². The van der Waals surface area contributed by atoms with E-state index in [1.807, 2.05) is 25.1 Å². The van der Waals surface area contributed by atoms with Crippen LogP contribution in [0.3, 0.4) is 0 Å². The lowest BCUT2D eigenvalue weighted by atomic mass is 10.0. The summed E-state index contributed by atoms with van der Waals surface area (Å²) in [6, 6.07) is 14.0. The van der Waals surface area contributed by atoms with Crippen LogP contribution in [0.25, 0.3) is 10.9 Å². The number of carbonyl (C=O) groups is 1. The first-order chi connectivity index (χ1) is 12.5. The van der Waals surface area contributed by atoms with Crippen LogP contribution in [0.15, 0.2) is 48.5 Å². The molecular formula is C21H22N2O3. The Morgan fingerprint density at radius 2 is 1.88 bits per heavy atom. The van der Waals surface area contributed by atoms with Gasteiger partial charge in [0, 0.05) is 17.6 Å². The van der Waals surface area contributed by atoms with E-state index < -0.39 is 6.10 Å². The number of aliphatic hydroxyl groups is 1. The average molecular weight is 350 g/mol. The maximum atomic E-state index is 12.7. The molecule has 0 aliphatic carbocycles. The van der Waals surface area contributed by atoms with Crippen LogP contribution in [0, 0.1) is 6.92 Å². The van der Waals surface area contributed by atoms with E-state index in [9.17, 15) is 15.0 Å². The summed E-state index contributed by atoms with van der Waals surface area (Å²) in [7, 11) is 0. The van der Waals surface area contributed by atoms with Crippen LogP contribution >= 0.6 is 0 Å². The normalized spacial score (nSPS) is 12.1. The largest absolute Gasteiger partial charge is 0.508 e. The fraction of sp³-hybridized carbons (Fsp3) is 0.238. The van der Waals surface area contributed by atoms with Gasteiger partial charge in [0.15, 0.2) is 0 Å². The maximum absolute atomic E-state index is 12.7. The summed E-state index contributed by atoms with van der Waals surface area (Å²) >= 11 is 0. The van der Waals surface area contributed by atoms with Crippen molar-refractivity contribution in [1.29, 1.82) is 0 Å². The van der Waals surface area contributed by atoms with E-state index in [1.54, 1.807) is 18.2 Å². The van der Waals surface area contributed by atoms with Gasteiger partial charge in [0.25, 0.3) is 5.91 Å². The Morgan fingerprint density at radius 3 is 2.58 bits per heavy atom. The van der Waals surface area contributed by atoms with E-state index in [1.165, 1.54) is 12.1 Å². The molecule has 0 fully saturated rings. The number of phenols is 1. The quantitative estimate of drug-likeness (QED) is 0.659. The van der Waals surface area contributed by atoms with Crippen molar-refractivity contribution in [3.05, 3.63) is 70.9 Å². The van der Waals surface area contributed by atoms with Gasteiger partial charge in [0.2, 0.25) is 0 Å². The molecule has 5 nitrogen and oxygen atoms in total. The lowest BCUT2D eigenvalue weighted by Crippen LogP contribution is -2.28. The first-order valence-corrected chi connectivity index (χ1v) is 8.63. The summed E-state index contributed by atoms with van der Waals surface area (Å²) in [6.07, 6.45) is 0.0321. The first kappa shape index (κ1) is 17.9. The summed E-state index contributed by atoms with van der Waals surface area (Å²) in [5.74, 6) is -0.109. The molecule has 0 saturated carbocycles. The van der Waals surface area contributed by atoms with Gasteiger partial charge in [-0.05, 0) is 54.8 Å². The number of fused-ring (bicyclic) bond motifs is 1. The van der Waals surface area contributed by atoms with Gasteiger partial charge in [-0.15, -0.1) is 0 Å². The van der Waals surface area contributed by atoms with Crippen LogP contribution in [0.1, 0.15) is 40.2 Å². The Kier molecular flexibility index (Phi) is 5.19. The highest BCUT2D eigenvalue weighted by Crippen LogP contribution is 2.21. The molecule has 0 spiro atoms. The Bertz CT molecular complexity index is 936. The molecule has 2 aromatic carbocycles. The van der Waals surface area contributed by atoms with Gasteiger partial charge in [0.1, 0.15) is 5.75 Å². The SMILES string of the molecule is CCc1ccc2nc(C)cc(C(=O)NC[C@H](O)c3ccc(O)cc3)c2c1. The number of amides is 1. The number of pyridine rings is 1. The Labute approximate surface area is 152 Å². The lowest BCUT2D eigenvalue weighted by molar-refractivity contribution is 0.0917. The Balaban J connectivity index is 1.82. The second kappa shape index (κ2) is 7.54. The number of phenolic OH excluding ortho intramolecular Hbond substituents is 1. The van der Waals surface area contributed by atoms with Crippen LogP contribution in [0.4, 0.5) is 0 Å². The summed E-state index contributed by atoms with van der Waals surface area (Å²) in [5.41, 5.74) is 3.88. The van der Waals surface area contributed by atoms with E-state index in [0.717, 1.165) is 28.6 Å². The average Bonchev–Trinajstić information content (AvgIpc) is 2.65. The second-order valence-corrected chi connectivity index (χ2v) is 6.33. The van der Waals surface area contributed by atoms with Gasteiger partial charge < -0.3 is 15.5 Å². The smallest absolute Gasteiger partial charge is 0.252 e. The van der Waals surface area contributed by atoms with Gasteiger partial charge in [-0.3, -0.25) is 9.78 Å². The number of carbonyl (C=O) groups excluding carboxylic acids is 1. The first-order valence-electron chi connectivity index (χ1n) is 8.63. The Morgan fingerprint density at radius 1 is 1.15 bits per heavy atom. The number of nitrogens with zero attached hydrogens (tertiary/aromatic N) is 1. The van der Waals surface area contributed by atoms with Crippen molar-refractivity contribution in [3.8, 4) is 5.75 Å². The van der Waals surface area contributed by atoms with Crippen LogP contribution in [0.2, 0.25) is 0 Å². The van der Waals surface area contributed by atoms with Crippen molar-refractivity contribution in [2.24, 2.45) is 0 Å². The highest BCUT2D eigenvalue weighted by Gasteiger charge is 2.15. The number of hydrogen-bond donors (Lipinski definition) is 3. The third kappa shape index (κ3) is 3.83. The number of aryl methyl sites for hydroxylation is 2. The number of aliphatic hydroxyl groups excluding tert-OH is 1. The van der Waals surface area contributed by atoms with Crippen molar-refractivity contribution >= 4 is 16.8 Å². The lowest BCUT2D eigenvalue weighted by Gasteiger charge is -2.14. The number of aromatic nitrogens is 1. The summed E-state index contributed by atoms with van der Waals surface area (Å²) in [4.78, 5) is 17.2. The number of benzene rings is 2. The molecule has 0 aliphatic heterocycles. The van der Waals surface area contributed by atoms with Gasteiger partial charge >= 0.3 is 0 Å². The topological polar surface area (TPSA) is 82.5 Å². The van der Waals surface area contributed by atoms with Crippen LogP contribution < -0.4 is 5.32 Å². The molecule has 3 rings (SSSR count). The molecule has 26 heavy (non-hydrogen) atoms. The molecule has 3 aromatic rings. The minimum atomic E-state index is -0.847. The monoisotopic (exact) mass is 350 g/mol. The predicted octanol–water partition coefficient (Wildman–Crippen LogP) is 3.27. The highest BCUT2D eigenvalue weighted by atomic mass is 16.3. The molecule has 1 amide bonds. The van der Waals surface area contributed by atoms with Crippen molar-refractivity contribution in [1.82, 2.24) is 10.3 Å². The summed E-state index contributed by atoms with van der Waals surface area (Å²) in [5, 5.41) is 23.2. The fourth-order valence-electron chi connectivity index (χ4n) is 2.91. The minimum Gasteiger partial charge on any atom is -0.508 e. The third-order valence-corrected chi connectivity index (χ3v) is 4.39. The molecule has 134 valence electrons. The van der Waals surface area contributed by atoms with Crippen LogP contribution in [-0.2, 0) is 6.42 Å². The van der Waals surface area contributed by atoms with Crippen molar-refractivity contribution < 1.29 is 15.0 Å². The molecule has 0 aliphatic rings. The van der Waals surface area contributed by atoms with Gasteiger partial charge in [-0.2, -0.15) is 0 Å². The van der Waals surface area contributed by atoms with Crippen molar-refractivity contribution in [3.63, 3.8) is 0 Å². The molecule has 5 heteroatoms. The maximum Gasteiger partial charge on any atom is 0.252 e. The zero-order valence-corrected chi connectivity index (χ0v) is 14.9. The molecule has 1 atom stereocenters. The van der Waals surface area contributed by atoms with Crippen LogP contribution in [-0.4, -0.2) is 27.6 Å². The third-order valence-electron chi connectivity index (χ3n) is 4.39. The number of hydrogen-bond acceptors (Lipinski definition) is 4. The summed E-state index contributed by atoms with van der Waals surface area (Å²) in [6.45, 7) is 4.01. The van der Waals surface area contributed by atoms with E-state index in [0.29, 0.717) is 11.1 Å². The molecule has 0 saturated heterocycles. The molecule has 3 N–H and O–H groups in total.